The van der Waals surface area contributed by atoms with Crippen LogP contribution in [0.1, 0.15) is 29.6 Å². The molecule has 3 heterocycles. The van der Waals surface area contributed by atoms with Crippen molar-refractivity contribution in [3.8, 4) is 11.6 Å². The van der Waals surface area contributed by atoms with Gasteiger partial charge in [0.15, 0.2) is 0 Å². The highest BCUT2D eigenvalue weighted by Gasteiger charge is 2.14. The minimum Gasteiger partial charge on any atom is -0.491 e. The monoisotopic (exact) mass is 379 g/mol. The highest BCUT2D eigenvalue weighted by Crippen LogP contribution is 2.19. The van der Waals surface area contributed by atoms with Gasteiger partial charge in [-0.1, -0.05) is 0 Å². The summed E-state index contributed by atoms with van der Waals surface area (Å²) < 4.78 is 13.1. The summed E-state index contributed by atoms with van der Waals surface area (Å²) in [5, 5.41) is 10.4. The molecule has 28 heavy (non-hydrogen) atoms. The quantitative estimate of drug-likeness (QED) is 0.708. The molecule has 1 N–H and O–H groups in total. The third-order valence-electron chi connectivity index (χ3n) is 4.51. The lowest BCUT2D eigenvalue weighted by molar-refractivity contribution is -0.0110. The third kappa shape index (κ3) is 4.52. The molecule has 8 heteroatoms. The van der Waals surface area contributed by atoms with Gasteiger partial charge in [0.05, 0.1) is 6.10 Å². The van der Waals surface area contributed by atoms with Gasteiger partial charge in [0.25, 0.3) is 5.91 Å². The van der Waals surface area contributed by atoms with Gasteiger partial charge in [-0.15, -0.1) is 10.2 Å². The molecule has 1 aliphatic heterocycles. The van der Waals surface area contributed by atoms with E-state index < -0.39 is 0 Å². The van der Waals surface area contributed by atoms with Gasteiger partial charge >= 0.3 is 0 Å². The predicted octanol–water partition coefficient (Wildman–Crippen LogP) is 2.86. The van der Waals surface area contributed by atoms with E-state index in [0.717, 1.165) is 25.2 Å². The average Bonchev–Trinajstić information content (AvgIpc) is 3.29. The lowest BCUT2D eigenvalue weighted by atomic mass is 10.1. The van der Waals surface area contributed by atoms with E-state index in [1.54, 1.807) is 22.9 Å². The Bertz CT molecular complexity index is 906. The predicted molar refractivity (Wildman–Crippen MR) is 103 cm³/mol. The maximum absolute atomic E-state index is 12.5. The summed E-state index contributed by atoms with van der Waals surface area (Å²) in [7, 11) is 0. The first-order valence-corrected chi connectivity index (χ1v) is 9.25. The number of anilines is 1. The Morgan fingerprint density at radius 1 is 1.18 bits per heavy atom. The van der Waals surface area contributed by atoms with Gasteiger partial charge in [-0.25, -0.2) is 4.98 Å². The van der Waals surface area contributed by atoms with Crippen molar-refractivity contribution in [2.45, 2.75) is 25.4 Å². The minimum absolute atomic E-state index is 0.166. The van der Waals surface area contributed by atoms with Crippen molar-refractivity contribution < 1.29 is 14.3 Å². The number of amides is 1. The number of ether oxygens (including phenoxy) is 2. The molecule has 4 rings (SSSR count). The molecule has 0 spiro atoms. The molecular formula is C20H21N5O3. The molecule has 1 atom stereocenters. The van der Waals surface area contributed by atoms with Crippen LogP contribution in [-0.2, 0) is 4.74 Å². The Labute approximate surface area is 162 Å². The summed E-state index contributed by atoms with van der Waals surface area (Å²) in [5.41, 5.74) is 1.18. The van der Waals surface area contributed by atoms with Gasteiger partial charge in [-0.05, 0) is 55.7 Å². The first-order chi connectivity index (χ1) is 13.8. The van der Waals surface area contributed by atoms with Gasteiger partial charge in [-0.2, -0.15) is 0 Å². The van der Waals surface area contributed by atoms with Crippen LogP contribution in [0.3, 0.4) is 0 Å². The number of hydrogen-bond acceptors (Lipinski definition) is 6. The van der Waals surface area contributed by atoms with Crippen LogP contribution in [0, 0.1) is 0 Å². The Kier molecular flexibility index (Phi) is 5.58. The summed E-state index contributed by atoms with van der Waals surface area (Å²) in [5.74, 6) is 1.11. The molecule has 8 nitrogen and oxygen atoms in total. The third-order valence-corrected chi connectivity index (χ3v) is 4.51. The molecule has 3 aromatic rings. The summed E-state index contributed by atoms with van der Waals surface area (Å²) in [6, 6.07) is 10.7. The van der Waals surface area contributed by atoms with Crippen molar-refractivity contribution in [3.05, 3.63) is 60.8 Å². The molecule has 1 unspecified atom stereocenters. The van der Waals surface area contributed by atoms with Crippen molar-refractivity contribution in [2.75, 3.05) is 18.5 Å². The fourth-order valence-corrected chi connectivity index (χ4v) is 2.99. The fourth-order valence-electron chi connectivity index (χ4n) is 2.99. The second-order valence-electron chi connectivity index (χ2n) is 6.55. The number of rotatable bonds is 6. The van der Waals surface area contributed by atoms with Gasteiger partial charge in [0, 0.05) is 24.1 Å². The van der Waals surface area contributed by atoms with Crippen LogP contribution in [0.5, 0.6) is 5.75 Å². The second kappa shape index (κ2) is 8.62. The van der Waals surface area contributed by atoms with E-state index >= 15 is 0 Å². The smallest absolute Gasteiger partial charge is 0.255 e. The number of hydrogen-bond donors (Lipinski definition) is 1. The molecule has 1 amide bonds. The lowest BCUT2D eigenvalue weighted by Gasteiger charge is -2.22. The second-order valence-corrected chi connectivity index (χ2v) is 6.55. The summed E-state index contributed by atoms with van der Waals surface area (Å²) in [6.07, 6.45) is 8.16. The van der Waals surface area contributed by atoms with Crippen molar-refractivity contribution in [3.63, 3.8) is 0 Å². The van der Waals surface area contributed by atoms with E-state index in [2.05, 4.69) is 20.5 Å². The first-order valence-electron chi connectivity index (χ1n) is 9.25. The number of carbonyl (C=O) groups excluding carboxylic acids is 1. The minimum atomic E-state index is -0.221. The van der Waals surface area contributed by atoms with Crippen LogP contribution in [0.2, 0.25) is 0 Å². The molecule has 1 aromatic carbocycles. The molecule has 0 radical (unpaired) electrons. The van der Waals surface area contributed by atoms with E-state index in [4.69, 9.17) is 9.47 Å². The first kappa shape index (κ1) is 18.1. The summed E-state index contributed by atoms with van der Waals surface area (Å²) in [4.78, 5) is 16.7. The zero-order valence-electron chi connectivity index (χ0n) is 15.3. The van der Waals surface area contributed by atoms with Crippen LogP contribution in [0.15, 0.2) is 55.2 Å². The van der Waals surface area contributed by atoms with Crippen molar-refractivity contribution >= 4 is 11.6 Å². The van der Waals surface area contributed by atoms with Crippen LogP contribution < -0.4 is 10.1 Å². The highest BCUT2D eigenvalue weighted by atomic mass is 16.5. The number of nitrogens with one attached hydrogen (secondary N) is 1. The van der Waals surface area contributed by atoms with E-state index in [0.29, 0.717) is 23.7 Å². The fraction of sp³-hybridized carbons (Fsp3) is 0.300. The number of pyridine rings is 1. The van der Waals surface area contributed by atoms with Gasteiger partial charge in [0.1, 0.15) is 30.8 Å². The molecule has 0 bridgehead atoms. The number of aromatic nitrogens is 4. The Morgan fingerprint density at radius 3 is 2.75 bits per heavy atom. The SMILES string of the molecule is O=C(Nc1ccc(OCC2CCCCO2)cc1)c1ccnc(-n2cnnc2)c1. The zero-order valence-corrected chi connectivity index (χ0v) is 15.3. The van der Waals surface area contributed by atoms with Crippen LogP contribution >= 0.6 is 0 Å². The summed E-state index contributed by atoms with van der Waals surface area (Å²) >= 11 is 0. The van der Waals surface area contributed by atoms with Gasteiger partial charge < -0.3 is 14.8 Å². The topological polar surface area (TPSA) is 91.2 Å². The number of nitrogens with zero attached hydrogens (tertiary/aromatic N) is 4. The average molecular weight is 379 g/mol. The molecule has 0 aliphatic carbocycles. The highest BCUT2D eigenvalue weighted by molar-refractivity contribution is 6.04. The molecule has 1 saturated heterocycles. The van der Waals surface area contributed by atoms with Crippen LogP contribution in [0.25, 0.3) is 5.82 Å². The molecule has 1 aliphatic rings. The standard InChI is InChI=1S/C20H21N5O3/c26-20(15-8-9-21-19(11-15)25-13-22-23-14-25)24-16-4-6-17(7-5-16)28-12-18-3-1-2-10-27-18/h4-9,11,13-14,18H,1-3,10,12H2,(H,24,26). The Hall–Kier alpha value is -3.26. The van der Waals surface area contributed by atoms with Gasteiger partial charge in [-0.3, -0.25) is 9.36 Å². The maximum atomic E-state index is 12.5. The largest absolute Gasteiger partial charge is 0.491 e. The molecule has 1 fully saturated rings. The van der Waals surface area contributed by atoms with E-state index in [-0.39, 0.29) is 12.0 Å². The van der Waals surface area contributed by atoms with E-state index in [1.165, 1.54) is 19.1 Å². The van der Waals surface area contributed by atoms with E-state index in [1.807, 2.05) is 24.3 Å². The van der Waals surface area contributed by atoms with E-state index in [9.17, 15) is 4.79 Å². The zero-order chi connectivity index (χ0) is 19.2. The van der Waals surface area contributed by atoms with Gasteiger partial charge in [0.2, 0.25) is 0 Å². The number of benzene rings is 1. The molecular weight excluding hydrogens is 358 g/mol. The molecule has 144 valence electrons. The van der Waals surface area contributed by atoms with Crippen LogP contribution in [0.4, 0.5) is 5.69 Å². The normalized spacial score (nSPS) is 16.5. The van der Waals surface area contributed by atoms with Crippen molar-refractivity contribution in [2.24, 2.45) is 0 Å². The van der Waals surface area contributed by atoms with Crippen molar-refractivity contribution in [1.82, 2.24) is 19.7 Å². The summed E-state index contributed by atoms with van der Waals surface area (Å²) in [6.45, 7) is 1.36. The van der Waals surface area contributed by atoms with Crippen LogP contribution in [-0.4, -0.2) is 45.0 Å². The Morgan fingerprint density at radius 2 is 2.00 bits per heavy atom. The molecule has 2 aromatic heterocycles. The Balaban J connectivity index is 1.35. The molecule has 0 saturated carbocycles. The number of carbonyl (C=O) groups is 1. The maximum Gasteiger partial charge on any atom is 0.255 e. The van der Waals surface area contributed by atoms with Crippen molar-refractivity contribution in [1.29, 1.82) is 0 Å². The lowest BCUT2D eigenvalue weighted by Crippen LogP contribution is -2.25.